The Labute approximate surface area is 193 Å². The maximum absolute atomic E-state index is 2.85. The fourth-order valence-corrected chi connectivity index (χ4v) is 28.7. The second-order valence-corrected chi connectivity index (χ2v) is 28.5. The van der Waals surface area contributed by atoms with Crippen molar-refractivity contribution in [3.63, 3.8) is 0 Å². The number of rotatable bonds is 3. The van der Waals surface area contributed by atoms with Gasteiger partial charge in [-0.05, 0) is 0 Å². The van der Waals surface area contributed by atoms with Gasteiger partial charge < -0.3 is 0 Å². The molecule has 8 bridgehead atoms. The molecule has 3 heteroatoms. The molecule has 2 aliphatic carbocycles. The Balaban J connectivity index is 1.43. The second kappa shape index (κ2) is 6.70. The minimum atomic E-state index is -1.32. The van der Waals surface area contributed by atoms with Gasteiger partial charge in [0.2, 0.25) is 0 Å². The fourth-order valence-electron chi connectivity index (χ4n) is 11.5. The third kappa shape index (κ3) is 3.04. The SMILES string of the molecule is Cc1c([Si](C)(C)C)ccc([PH]23CC4CC(CC(C4)C2)C3)c1[PH]12CC3CC(CC(C3)C1)C2. The van der Waals surface area contributed by atoms with E-state index in [4.69, 9.17) is 0 Å². The van der Waals surface area contributed by atoms with E-state index in [1.165, 1.54) is 0 Å². The fraction of sp³-hybridized carbons (Fsp3) is 0.786. The molecule has 8 fully saturated rings. The molecule has 0 radical (unpaired) electrons. The van der Waals surface area contributed by atoms with Crippen LogP contribution in [0.15, 0.2) is 12.1 Å². The molecule has 0 aromatic heterocycles. The zero-order valence-electron chi connectivity index (χ0n) is 20.6. The first-order valence-corrected chi connectivity index (χ1v) is 22.6. The summed E-state index contributed by atoms with van der Waals surface area (Å²) in [4.78, 5) is 0. The van der Waals surface area contributed by atoms with Gasteiger partial charge in [-0.1, -0.05) is 0 Å². The van der Waals surface area contributed by atoms with Crippen molar-refractivity contribution in [2.75, 3.05) is 37.0 Å². The number of benzene rings is 1. The van der Waals surface area contributed by atoms with E-state index in [2.05, 4.69) is 49.3 Å². The van der Waals surface area contributed by atoms with E-state index in [0.717, 1.165) is 35.5 Å². The molecule has 2 saturated carbocycles. The van der Waals surface area contributed by atoms with Crippen LogP contribution < -0.4 is 15.8 Å². The second-order valence-electron chi connectivity index (χ2n) is 14.8. The first-order valence-electron chi connectivity index (χ1n) is 13.9. The quantitative estimate of drug-likeness (QED) is 0.408. The molecule has 0 amide bonds. The van der Waals surface area contributed by atoms with Crippen LogP contribution in [-0.4, -0.2) is 45.0 Å². The molecule has 1 aromatic rings. The van der Waals surface area contributed by atoms with Crippen LogP contribution in [0.25, 0.3) is 0 Å². The van der Waals surface area contributed by atoms with Crippen molar-refractivity contribution in [2.24, 2.45) is 35.5 Å². The summed E-state index contributed by atoms with van der Waals surface area (Å²) in [5, 5.41) is 6.12. The summed E-state index contributed by atoms with van der Waals surface area (Å²) >= 11 is 0. The molecule has 0 N–H and O–H groups in total. The molecule has 6 heterocycles. The van der Waals surface area contributed by atoms with Gasteiger partial charge in [0, 0.05) is 0 Å². The van der Waals surface area contributed by atoms with Crippen LogP contribution in [0.1, 0.15) is 44.1 Å². The van der Waals surface area contributed by atoms with Gasteiger partial charge >= 0.3 is 194 Å². The van der Waals surface area contributed by atoms with E-state index in [-0.39, 0.29) is 0 Å². The van der Waals surface area contributed by atoms with Crippen molar-refractivity contribution >= 4 is 38.4 Å². The summed E-state index contributed by atoms with van der Waals surface area (Å²) in [5.74, 6) is 6.75. The molecule has 6 aliphatic heterocycles. The summed E-state index contributed by atoms with van der Waals surface area (Å²) in [6.07, 6.45) is 19.9. The van der Waals surface area contributed by atoms with Crippen LogP contribution in [0.3, 0.4) is 0 Å². The van der Waals surface area contributed by atoms with Crippen LogP contribution in [0.2, 0.25) is 19.6 Å². The van der Waals surface area contributed by atoms with Crippen molar-refractivity contribution in [3.8, 4) is 0 Å². The molecule has 8 aliphatic rings. The molecule has 31 heavy (non-hydrogen) atoms. The van der Waals surface area contributed by atoms with Crippen molar-refractivity contribution < 1.29 is 0 Å². The van der Waals surface area contributed by atoms with Gasteiger partial charge in [-0.2, -0.15) is 0 Å². The van der Waals surface area contributed by atoms with Gasteiger partial charge in [0.25, 0.3) is 0 Å². The van der Waals surface area contributed by atoms with Gasteiger partial charge in [-0.15, -0.1) is 0 Å². The van der Waals surface area contributed by atoms with Crippen molar-refractivity contribution in [1.29, 1.82) is 0 Å². The van der Waals surface area contributed by atoms with Crippen LogP contribution in [0.4, 0.5) is 0 Å². The Bertz CT molecular complexity index is 855. The number of hydrogen-bond acceptors (Lipinski definition) is 0. The van der Waals surface area contributed by atoms with Crippen molar-refractivity contribution in [2.45, 2.75) is 65.1 Å². The summed E-state index contributed by atoms with van der Waals surface area (Å²) < 4.78 is 0. The first kappa shape index (κ1) is 20.7. The standard InChI is InChI=1S/C28H46P2Si/c1-19-27(31(2,3)4)6-5-26(29-13-20-7-21(14-29)9-22(8-20)15-29)28(19)30-16-23-10-24(17-30)12-25(11-23)18-30/h5-6,20-25,29-30H,7-18H2,1-4H3. The normalized spacial score (nSPS) is 43.2. The van der Waals surface area contributed by atoms with E-state index in [1.54, 1.807) is 75.5 Å². The summed E-state index contributed by atoms with van der Waals surface area (Å²) in [6, 6.07) is 5.56. The zero-order chi connectivity index (χ0) is 21.2. The maximum atomic E-state index is 2.85. The third-order valence-corrected chi connectivity index (χ3v) is 25.3. The Morgan fingerprint density at radius 2 is 1.00 bits per heavy atom. The molecule has 172 valence electrons. The Hall–Kier alpha value is 0.297. The molecule has 0 atom stereocenters. The van der Waals surface area contributed by atoms with Gasteiger partial charge in [0.1, 0.15) is 0 Å². The van der Waals surface area contributed by atoms with E-state index >= 15 is 0 Å². The summed E-state index contributed by atoms with van der Waals surface area (Å²) in [7, 11) is -3.90. The van der Waals surface area contributed by atoms with Crippen molar-refractivity contribution in [3.05, 3.63) is 17.7 Å². The van der Waals surface area contributed by atoms with Crippen LogP contribution in [-0.2, 0) is 0 Å². The average Bonchev–Trinajstić information content (AvgIpc) is 2.64. The van der Waals surface area contributed by atoms with Gasteiger partial charge in [0.05, 0.1) is 0 Å². The Kier molecular flexibility index (Phi) is 4.46. The predicted molar refractivity (Wildman–Crippen MR) is 148 cm³/mol. The van der Waals surface area contributed by atoms with Crippen LogP contribution in [0, 0.1) is 42.4 Å². The van der Waals surface area contributed by atoms with Crippen LogP contribution >= 0.6 is 14.5 Å². The van der Waals surface area contributed by atoms with Gasteiger partial charge in [-0.3, -0.25) is 0 Å². The average molecular weight is 473 g/mol. The topological polar surface area (TPSA) is 0 Å². The van der Waals surface area contributed by atoms with E-state index < -0.39 is 22.6 Å². The third-order valence-electron chi connectivity index (χ3n) is 11.5. The molecule has 0 nitrogen and oxygen atoms in total. The van der Waals surface area contributed by atoms with E-state index in [1.807, 2.05) is 10.8 Å². The summed E-state index contributed by atoms with van der Waals surface area (Å²) in [6.45, 7) is 10.5. The van der Waals surface area contributed by atoms with Gasteiger partial charge in [0.15, 0.2) is 0 Å². The van der Waals surface area contributed by atoms with E-state index in [9.17, 15) is 0 Å². The first-order chi connectivity index (χ1) is 14.7. The molecule has 9 rings (SSSR count). The van der Waals surface area contributed by atoms with E-state index in [0.29, 0.717) is 0 Å². The predicted octanol–water partition coefficient (Wildman–Crippen LogP) is 5.41. The minimum absolute atomic E-state index is 1.12. The molecular weight excluding hydrogens is 426 g/mol. The monoisotopic (exact) mass is 472 g/mol. The Morgan fingerprint density at radius 1 is 0.613 bits per heavy atom. The molecule has 6 saturated heterocycles. The Morgan fingerprint density at radius 3 is 1.39 bits per heavy atom. The molecule has 0 spiro atoms. The number of hydrogen-bond donors (Lipinski definition) is 0. The van der Waals surface area contributed by atoms with Gasteiger partial charge in [-0.25, -0.2) is 0 Å². The van der Waals surface area contributed by atoms with Crippen LogP contribution in [0.5, 0.6) is 0 Å². The summed E-state index contributed by atoms with van der Waals surface area (Å²) in [5.41, 5.74) is 1.88. The molecule has 0 unspecified atom stereocenters. The molecule has 1 aromatic carbocycles. The molecular formula is C28H46P2Si. The zero-order valence-corrected chi connectivity index (χ0v) is 23.6. The van der Waals surface area contributed by atoms with Crippen molar-refractivity contribution in [1.82, 2.24) is 0 Å².